The highest BCUT2D eigenvalue weighted by molar-refractivity contribution is 7.92. The van der Waals surface area contributed by atoms with Crippen LogP contribution in [0.15, 0.2) is 34.9 Å². The van der Waals surface area contributed by atoms with Crippen molar-refractivity contribution in [1.29, 1.82) is 0 Å². The van der Waals surface area contributed by atoms with Crippen LogP contribution in [0.3, 0.4) is 0 Å². The molecule has 1 aliphatic heterocycles. The zero-order valence-electron chi connectivity index (χ0n) is 14.8. The van der Waals surface area contributed by atoms with Gasteiger partial charge in [-0.1, -0.05) is 43.1 Å². The molecule has 26 heavy (non-hydrogen) atoms. The molecule has 0 N–H and O–H groups in total. The first-order valence-corrected chi connectivity index (χ1v) is 10.7. The Morgan fingerprint density at radius 2 is 2.00 bits per heavy atom. The number of hydrogen-bond donors (Lipinski definition) is 0. The summed E-state index contributed by atoms with van der Waals surface area (Å²) >= 11 is 0. The molecule has 0 unspecified atom stereocenters. The molecule has 1 saturated heterocycles. The minimum Gasteiger partial charge on any atom is -0.334 e. The fraction of sp³-hybridized carbons (Fsp3) is 0.500. The Hall–Kier alpha value is -2.22. The number of rotatable bonds is 5. The van der Waals surface area contributed by atoms with Gasteiger partial charge in [0.1, 0.15) is 5.75 Å². The van der Waals surface area contributed by atoms with Crippen LogP contribution in [0.25, 0.3) is 11.5 Å². The lowest BCUT2D eigenvalue weighted by molar-refractivity contribution is -0.131. The molecule has 0 bridgehead atoms. The molecule has 1 aliphatic rings. The van der Waals surface area contributed by atoms with E-state index in [1.165, 1.54) is 0 Å². The van der Waals surface area contributed by atoms with Crippen molar-refractivity contribution in [2.75, 3.05) is 18.1 Å². The average molecular weight is 377 g/mol. The molecule has 0 spiro atoms. The third-order valence-electron chi connectivity index (χ3n) is 4.62. The fourth-order valence-corrected chi connectivity index (χ4v) is 3.86. The molecule has 1 fully saturated rings. The van der Waals surface area contributed by atoms with Crippen molar-refractivity contribution in [3.05, 3.63) is 36.2 Å². The van der Waals surface area contributed by atoms with E-state index in [2.05, 4.69) is 10.1 Å². The summed E-state index contributed by atoms with van der Waals surface area (Å²) in [5, 5.41) is 4.08. The first-order chi connectivity index (χ1) is 12.5. The standard InChI is InChI=1S/C18H23N3O4S/c1-2-26(23,24)13-16(22)21-12-8-4-7-11-15(21)17-19-18(25-20-17)14-9-5-3-6-10-14/h3,5-6,9-10,15H,2,4,7-8,11-13H2,1H3/t15-/m0/s1. The van der Waals surface area contributed by atoms with E-state index in [0.717, 1.165) is 24.8 Å². The first-order valence-electron chi connectivity index (χ1n) is 8.89. The number of carbonyl (C=O) groups excluding carboxylic acids is 1. The molecule has 2 heterocycles. The van der Waals surface area contributed by atoms with Gasteiger partial charge in [0.2, 0.25) is 5.91 Å². The molecule has 1 amide bonds. The van der Waals surface area contributed by atoms with Crippen LogP contribution in [-0.2, 0) is 14.6 Å². The maximum atomic E-state index is 12.6. The lowest BCUT2D eigenvalue weighted by Crippen LogP contribution is -2.39. The lowest BCUT2D eigenvalue weighted by atomic mass is 10.1. The Morgan fingerprint density at radius 1 is 1.23 bits per heavy atom. The molecular formula is C18H23N3O4S. The van der Waals surface area contributed by atoms with Crippen LogP contribution < -0.4 is 0 Å². The number of carbonyl (C=O) groups is 1. The molecule has 1 aromatic heterocycles. The Morgan fingerprint density at radius 3 is 2.73 bits per heavy atom. The highest BCUT2D eigenvalue weighted by Crippen LogP contribution is 2.30. The number of benzene rings is 1. The largest absolute Gasteiger partial charge is 0.334 e. The molecule has 0 aliphatic carbocycles. The van der Waals surface area contributed by atoms with E-state index in [1.54, 1.807) is 11.8 Å². The van der Waals surface area contributed by atoms with Crippen LogP contribution in [0.1, 0.15) is 44.5 Å². The maximum absolute atomic E-state index is 12.6. The van der Waals surface area contributed by atoms with Gasteiger partial charge in [-0.2, -0.15) is 4.98 Å². The number of aromatic nitrogens is 2. The van der Waals surface area contributed by atoms with Crippen LogP contribution in [0.2, 0.25) is 0 Å². The van der Waals surface area contributed by atoms with Gasteiger partial charge < -0.3 is 9.42 Å². The van der Waals surface area contributed by atoms with Crippen molar-refractivity contribution in [1.82, 2.24) is 15.0 Å². The molecule has 0 radical (unpaired) electrons. The Kier molecular flexibility index (Phi) is 5.70. The third-order valence-corrected chi connectivity index (χ3v) is 6.18. The Balaban J connectivity index is 1.85. The molecule has 8 heteroatoms. The molecule has 2 aromatic rings. The number of amides is 1. The van der Waals surface area contributed by atoms with Crippen LogP contribution in [0.5, 0.6) is 0 Å². The van der Waals surface area contributed by atoms with Crippen molar-refractivity contribution < 1.29 is 17.7 Å². The average Bonchev–Trinajstić information content (AvgIpc) is 3.00. The van der Waals surface area contributed by atoms with E-state index in [9.17, 15) is 13.2 Å². The van der Waals surface area contributed by atoms with E-state index in [-0.39, 0.29) is 17.7 Å². The van der Waals surface area contributed by atoms with Crippen LogP contribution >= 0.6 is 0 Å². The monoisotopic (exact) mass is 377 g/mol. The van der Waals surface area contributed by atoms with E-state index in [0.29, 0.717) is 24.7 Å². The van der Waals surface area contributed by atoms with Gasteiger partial charge in [-0.25, -0.2) is 8.42 Å². The summed E-state index contributed by atoms with van der Waals surface area (Å²) < 4.78 is 29.1. The molecule has 0 saturated carbocycles. The normalized spacial score (nSPS) is 18.5. The zero-order valence-corrected chi connectivity index (χ0v) is 15.6. The highest BCUT2D eigenvalue weighted by Gasteiger charge is 2.32. The molecule has 1 atom stereocenters. The second-order valence-electron chi connectivity index (χ2n) is 6.45. The molecule has 140 valence electrons. The highest BCUT2D eigenvalue weighted by atomic mass is 32.2. The second-order valence-corrected chi connectivity index (χ2v) is 8.81. The van der Waals surface area contributed by atoms with Gasteiger partial charge in [0, 0.05) is 17.9 Å². The maximum Gasteiger partial charge on any atom is 0.257 e. The second kappa shape index (κ2) is 7.99. The molecular weight excluding hydrogens is 354 g/mol. The summed E-state index contributed by atoms with van der Waals surface area (Å²) in [5.74, 6) is -0.0580. The number of sulfone groups is 1. The summed E-state index contributed by atoms with van der Waals surface area (Å²) in [6.45, 7) is 2.06. The quantitative estimate of drug-likeness (QED) is 0.795. The smallest absolute Gasteiger partial charge is 0.257 e. The minimum absolute atomic E-state index is 0.0440. The number of hydrogen-bond acceptors (Lipinski definition) is 6. The third kappa shape index (κ3) is 4.30. The topological polar surface area (TPSA) is 93.4 Å². The SMILES string of the molecule is CCS(=O)(=O)CC(=O)N1CCCCC[C@H]1c1noc(-c2ccccc2)n1. The van der Waals surface area contributed by atoms with Gasteiger partial charge >= 0.3 is 0 Å². The predicted octanol–water partition coefficient (Wildman–Crippen LogP) is 2.62. The predicted molar refractivity (Wildman–Crippen MR) is 97.0 cm³/mol. The van der Waals surface area contributed by atoms with Crippen LogP contribution in [0, 0.1) is 0 Å². The van der Waals surface area contributed by atoms with Gasteiger partial charge in [0.15, 0.2) is 15.7 Å². The minimum atomic E-state index is -3.38. The summed E-state index contributed by atoms with van der Waals surface area (Å²) in [4.78, 5) is 18.7. The fourth-order valence-electron chi connectivity index (χ4n) is 3.12. The molecule has 1 aromatic carbocycles. The summed E-state index contributed by atoms with van der Waals surface area (Å²) in [6.07, 6.45) is 3.47. The molecule has 3 rings (SSSR count). The van der Waals surface area contributed by atoms with Gasteiger partial charge in [0.25, 0.3) is 5.89 Å². The zero-order chi connectivity index (χ0) is 18.6. The summed E-state index contributed by atoms with van der Waals surface area (Å²) in [7, 11) is -3.38. The van der Waals surface area contributed by atoms with Crippen molar-refractivity contribution in [3.8, 4) is 11.5 Å². The van der Waals surface area contributed by atoms with Crippen LogP contribution in [-0.4, -0.2) is 47.4 Å². The Bertz CT molecular complexity index is 848. The summed E-state index contributed by atoms with van der Waals surface area (Å²) in [6, 6.07) is 9.08. The van der Waals surface area contributed by atoms with Gasteiger partial charge in [-0.05, 0) is 25.0 Å². The Labute approximate surface area is 153 Å². The van der Waals surface area contributed by atoms with E-state index in [4.69, 9.17) is 4.52 Å². The van der Waals surface area contributed by atoms with Gasteiger partial charge in [-0.3, -0.25) is 4.79 Å². The van der Waals surface area contributed by atoms with Gasteiger partial charge in [0.05, 0.1) is 6.04 Å². The van der Waals surface area contributed by atoms with Gasteiger partial charge in [-0.15, -0.1) is 0 Å². The van der Waals surface area contributed by atoms with E-state index < -0.39 is 15.6 Å². The van der Waals surface area contributed by atoms with E-state index >= 15 is 0 Å². The number of likely N-dealkylation sites (tertiary alicyclic amines) is 1. The number of nitrogens with zero attached hydrogens (tertiary/aromatic N) is 3. The lowest BCUT2D eigenvalue weighted by Gasteiger charge is -2.27. The van der Waals surface area contributed by atoms with Crippen molar-refractivity contribution in [2.45, 2.75) is 38.6 Å². The van der Waals surface area contributed by atoms with Crippen molar-refractivity contribution in [2.24, 2.45) is 0 Å². The van der Waals surface area contributed by atoms with Crippen LogP contribution in [0.4, 0.5) is 0 Å². The van der Waals surface area contributed by atoms with Crippen molar-refractivity contribution >= 4 is 15.7 Å². The van der Waals surface area contributed by atoms with E-state index in [1.807, 2.05) is 30.3 Å². The summed E-state index contributed by atoms with van der Waals surface area (Å²) in [5.41, 5.74) is 0.811. The first kappa shape index (κ1) is 18.6. The molecule has 7 nitrogen and oxygen atoms in total. The van der Waals surface area contributed by atoms with Crippen molar-refractivity contribution in [3.63, 3.8) is 0 Å².